The Morgan fingerprint density at radius 1 is 1.29 bits per heavy atom. The Bertz CT molecular complexity index is 636. The molecule has 1 aliphatic rings. The van der Waals surface area contributed by atoms with Gasteiger partial charge in [0, 0.05) is 24.0 Å². The molecule has 0 saturated carbocycles. The molecule has 2 aromatic rings. The standard InChI is InChI=1S/C18H23N3/c1-12-10-13(2)16(21-11-12)18(19-3)15-8-4-6-14-7-5-9-20-17(14)15/h5,7,9-11,15,18-19H,4,6,8H2,1-3H3. The van der Waals surface area contributed by atoms with Gasteiger partial charge in [0.05, 0.1) is 11.7 Å². The van der Waals surface area contributed by atoms with Gasteiger partial charge < -0.3 is 5.32 Å². The smallest absolute Gasteiger partial charge is 0.0609 e. The van der Waals surface area contributed by atoms with Crippen LogP contribution in [0.1, 0.15) is 52.9 Å². The van der Waals surface area contributed by atoms with E-state index < -0.39 is 0 Å². The summed E-state index contributed by atoms with van der Waals surface area (Å²) in [5, 5.41) is 3.49. The van der Waals surface area contributed by atoms with Crippen molar-refractivity contribution in [2.24, 2.45) is 0 Å². The lowest BCUT2D eigenvalue weighted by atomic mass is 9.80. The molecule has 1 N–H and O–H groups in total. The molecule has 0 radical (unpaired) electrons. The summed E-state index contributed by atoms with van der Waals surface area (Å²) in [5.74, 6) is 0.411. The minimum atomic E-state index is 0.236. The molecule has 3 heteroatoms. The molecule has 1 aliphatic carbocycles. The summed E-state index contributed by atoms with van der Waals surface area (Å²) in [6, 6.07) is 6.72. The molecular weight excluding hydrogens is 258 g/mol. The van der Waals surface area contributed by atoms with Crippen LogP contribution in [0.4, 0.5) is 0 Å². The SMILES string of the molecule is CNC(c1ncc(C)cc1C)C1CCCc2cccnc21. The van der Waals surface area contributed by atoms with Crippen molar-refractivity contribution in [2.75, 3.05) is 7.05 Å². The van der Waals surface area contributed by atoms with E-state index in [-0.39, 0.29) is 6.04 Å². The Hall–Kier alpha value is -1.74. The Morgan fingerprint density at radius 2 is 2.14 bits per heavy atom. The van der Waals surface area contributed by atoms with Crippen molar-refractivity contribution in [3.8, 4) is 0 Å². The Morgan fingerprint density at radius 3 is 2.90 bits per heavy atom. The molecule has 21 heavy (non-hydrogen) atoms. The van der Waals surface area contributed by atoms with Gasteiger partial charge in [-0.1, -0.05) is 12.1 Å². The molecule has 2 atom stereocenters. The molecule has 3 nitrogen and oxygen atoms in total. The number of fused-ring (bicyclic) bond motifs is 1. The van der Waals surface area contributed by atoms with Crippen molar-refractivity contribution in [2.45, 2.75) is 45.1 Å². The van der Waals surface area contributed by atoms with Gasteiger partial charge in [0.1, 0.15) is 0 Å². The van der Waals surface area contributed by atoms with E-state index in [9.17, 15) is 0 Å². The minimum absolute atomic E-state index is 0.236. The quantitative estimate of drug-likeness (QED) is 0.936. The molecule has 2 aromatic heterocycles. The van der Waals surface area contributed by atoms with Crippen LogP contribution in [0.15, 0.2) is 30.6 Å². The highest BCUT2D eigenvalue weighted by molar-refractivity contribution is 5.33. The first kappa shape index (κ1) is 14.2. The molecule has 0 aliphatic heterocycles. The maximum Gasteiger partial charge on any atom is 0.0609 e. The molecule has 0 saturated heterocycles. The van der Waals surface area contributed by atoms with Crippen molar-refractivity contribution < 1.29 is 0 Å². The number of hydrogen-bond acceptors (Lipinski definition) is 3. The molecule has 3 rings (SSSR count). The molecule has 0 fully saturated rings. The zero-order chi connectivity index (χ0) is 14.8. The zero-order valence-electron chi connectivity index (χ0n) is 13.1. The molecular formula is C18H23N3. The third-order valence-corrected chi connectivity index (χ3v) is 4.50. The predicted molar refractivity (Wildman–Crippen MR) is 85.4 cm³/mol. The fourth-order valence-corrected chi connectivity index (χ4v) is 3.55. The summed E-state index contributed by atoms with van der Waals surface area (Å²) >= 11 is 0. The lowest BCUT2D eigenvalue weighted by Gasteiger charge is -2.31. The number of aryl methyl sites for hydroxylation is 3. The average molecular weight is 281 g/mol. The molecule has 0 bridgehead atoms. The van der Waals surface area contributed by atoms with E-state index in [0.29, 0.717) is 5.92 Å². The van der Waals surface area contributed by atoms with E-state index in [4.69, 9.17) is 4.98 Å². The fraction of sp³-hybridized carbons (Fsp3) is 0.444. The topological polar surface area (TPSA) is 37.8 Å². The fourth-order valence-electron chi connectivity index (χ4n) is 3.55. The van der Waals surface area contributed by atoms with E-state index in [1.165, 1.54) is 35.2 Å². The van der Waals surface area contributed by atoms with E-state index in [0.717, 1.165) is 12.1 Å². The van der Waals surface area contributed by atoms with Crippen LogP contribution in [0.3, 0.4) is 0 Å². The van der Waals surface area contributed by atoms with Gasteiger partial charge >= 0.3 is 0 Å². The Balaban J connectivity index is 2.01. The average Bonchev–Trinajstić information content (AvgIpc) is 2.50. The van der Waals surface area contributed by atoms with Crippen LogP contribution in [0.2, 0.25) is 0 Å². The van der Waals surface area contributed by atoms with E-state index in [1.54, 1.807) is 0 Å². The molecule has 0 aromatic carbocycles. The highest BCUT2D eigenvalue weighted by Gasteiger charge is 2.30. The van der Waals surface area contributed by atoms with Gasteiger partial charge in [-0.25, -0.2) is 0 Å². The second-order valence-electron chi connectivity index (χ2n) is 6.03. The van der Waals surface area contributed by atoms with Gasteiger partial charge in [0.2, 0.25) is 0 Å². The van der Waals surface area contributed by atoms with E-state index in [1.807, 2.05) is 25.5 Å². The van der Waals surface area contributed by atoms with Crippen LogP contribution in [0, 0.1) is 13.8 Å². The van der Waals surface area contributed by atoms with E-state index in [2.05, 4.69) is 36.3 Å². The normalized spacial score (nSPS) is 19.1. The number of aromatic nitrogens is 2. The van der Waals surface area contributed by atoms with Crippen LogP contribution in [-0.4, -0.2) is 17.0 Å². The maximum absolute atomic E-state index is 4.71. The molecule has 0 spiro atoms. The van der Waals surface area contributed by atoms with Crippen molar-refractivity contribution in [3.63, 3.8) is 0 Å². The lowest BCUT2D eigenvalue weighted by molar-refractivity contribution is 0.407. The number of nitrogens with zero attached hydrogens (tertiary/aromatic N) is 2. The van der Waals surface area contributed by atoms with Gasteiger partial charge in [0.25, 0.3) is 0 Å². The van der Waals surface area contributed by atoms with Gasteiger partial charge in [-0.05, 0) is 62.9 Å². The first-order valence-electron chi connectivity index (χ1n) is 7.75. The summed E-state index contributed by atoms with van der Waals surface area (Å²) in [6.07, 6.45) is 7.43. The van der Waals surface area contributed by atoms with E-state index >= 15 is 0 Å². The number of hydrogen-bond donors (Lipinski definition) is 1. The third kappa shape index (κ3) is 2.70. The second-order valence-corrected chi connectivity index (χ2v) is 6.03. The van der Waals surface area contributed by atoms with Gasteiger partial charge in [-0.3, -0.25) is 9.97 Å². The monoisotopic (exact) mass is 281 g/mol. The molecule has 2 heterocycles. The van der Waals surface area contributed by atoms with Crippen LogP contribution in [0.5, 0.6) is 0 Å². The van der Waals surface area contributed by atoms with Crippen molar-refractivity contribution in [1.82, 2.24) is 15.3 Å². The molecule has 2 unspecified atom stereocenters. The molecule has 0 amide bonds. The summed E-state index contributed by atoms with van der Waals surface area (Å²) in [5.41, 5.74) is 6.29. The first-order valence-corrected chi connectivity index (χ1v) is 7.75. The summed E-state index contributed by atoms with van der Waals surface area (Å²) < 4.78 is 0. The second kappa shape index (κ2) is 5.94. The largest absolute Gasteiger partial charge is 0.311 e. The minimum Gasteiger partial charge on any atom is -0.311 e. The van der Waals surface area contributed by atoms with Gasteiger partial charge in [-0.2, -0.15) is 0 Å². The van der Waals surface area contributed by atoms with Crippen molar-refractivity contribution in [3.05, 3.63) is 58.7 Å². The van der Waals surface area contributed by atoms with Crippen LogP contribution >= 0.6 is 0 Å². The van der Waals surface area contributed by atoms with Crippen LogP contribution in [0.25, 0.3) is 0 Å². The lowest BCUT2D eigenvalue weighted by Crippen LogP contribution is -2.29. The van der Waals surface area contributed by atoms with Crippen LogP contribution < -0.4 is 5.32 Å². The van der Waals surface area contributed by atoms with Crippen molar-refractivity contribution >= 4 is 0 Å². The first-order chi connectivity index (χ1) is 10.2. The summed E-state index contributed by atoms with van der Waals surface area (Å²) in [6.45, 7) is 4.25. The third-order valence-electron chi connectivity index (χ3n) is 4.50. The predicted octanol–water partition coefficient (Wildman–Crippen LogP) is 3.47. The number of likely N-dealkylation sites (N-methyl/N-ethyl adjacent to an activating group) is 1. The number of nitrogens with one attached hydrogen (secondary N) is 1. The highest BCUT2D eigenvalue weighted by Crippen LogP contribution is 2.39. The Labute approximate surface area is 126 Å². The summed E-state index contributed by atoms with van der Waals surface area (Å²) in [7, 11) is 2.03. The highest BCUT2D eigenvalue weighted by atomic mass is 14.9. The number of pyridine rings is 2. The van der Waals surface area contributed by atoms with Gasteiger partial charge in [0.15, 0.2) is 0 Å². The summed E-state index contributed by atoms with van der Waals surface area (Å²) in [4.78, 5) is 9.38. The van der Waals surface area contributed by atoms with Crippen molar-refractivity contribution in [1.29, 1.82) is 0 Å². The number of rotatable bonds is 3. The zero-order valence-corrected chi connectivity index (χ0v) is 13.1. The maximum atomic E-state index is 4.71. The van der Waals surface area contributed by atoms with Gasteiger partial charge in [-0.15, -0.1) is 0 Å². The van der Waals surface area contributed by atoms with Crippen LogP contribution in [-0.2, 0) is 6.42 Å². The molecule has 110 valence electrons. The Kier molecular flexibility index (Phi) is 4.02.